The van der Waals surface area contributed by atoms with E-state index in [0.717, 1.165) is 12.3 Å². The summed E-state index contributed by atoms with van der Waals surface area (Å²) in [5.74, 6) is 1.54. The quantitative estimate of drug-likeness (QED) is 0.599. The van der Waals surface area contributed by atoms with Crippen LogP contribution >= 0.6 is 0 Å². The van der Waals surface area contributed by atoms with E-state index < -0.39 is 0 Å². The molecule has 3 N–H and O–H groups in total. The Labute approximate surface area is 101 Å². The highest BCUT2D eigenvalue weighted by Gasteiger charge is 2.40. The number of rotatable bonds is 2. The zero-order valence-corrected chi connectivity index (χ0v) is 9.87. The van der Waals surface area contributed by atoms with E-state index in [1.54, 1.807) is 0 Å². The Morgan fingerprint density at radius 1 is 1.29 bits per heavy atom. The second kappa shape index (κ2) is 4.29. The lowest BCUT2D eigenvalue weighted by Crippen LogP contribution is -2.59. The predicted molar refractivity (Wildman–Crippen MR) is 62.2 cm³/mol. The van der Waals surface area contributed by atoms with Crippen LogP contribution in [0.5, 0.6) is 0 Å². The number of fused-ring (bicyclic) bond motifs is 2. The van der Waals surface area contributed by atoms with E-state index in [0.29, 0.717) is 18.5 Å². The Bertz CT molecular complexity index is 335. The minimum atomic E-state index is -0.258. The van der Waals surface area contributed by atoms with E-state index >= 15 is 0 Å². The molecule has 3 fully saturated rings. The second-order valence-corrected chi connectivity index (χ2v) is 5.53. The van der Waals surface area contributed by atoms with Crippen LogP contribution in [0.1, 0.15) is 25.7 Å². The van der Waals surface area contributed by atoms with Crippen LogP contribution < -0.4 is 16.0 Å². The molecule has 0 aromatic rings. The van der Waals surface area contributed by atoms with Crippen molar-refractivity contribution in [3.8, 4) is 0 Å². The molecule has 3 aliphatic rings. The maximum absolute atomic E-state index is 12.0. The van der Waals surface area contributed by atoms with Crippen molar-refractivity contribution in [1.29, 1.82) is 0 Å². The van der Waals surface area contributed by atoms with Crippen molar-refractivity contribution >= 4 is 11.8 Å². The van der Waals surface area contributed by atoms with E-state index in [1.807, 2.05) is 0 Å². The molecule has 0 aromatic carbocycles. The zero-order valence-electron chi connectivity index (χ0n) is 9.87. The highest BCUT2D eigenvalue weighted by Crippen LogP contribution is 2.44. The SMILES string of the molecule is O=C1CNC(C(=O)NC2CC3CCC2C3)CN1. The standard InChI is InChI=1S/C12H19N3O2/c16-11-6-13-10(5-14-11)12(17)15-9-4-7-1-2-8(9)3-7/h7-10,13H,1-6H2,(H,14,16)(H,15,17). The van der Waals surface area contributed by atoms with Gasteiger partial charge in [0, 0.05) is 12.6 Å². The number of nitrogens with one attached hydrogen (secondary N) is 3. The Hall–Kier alpha value is -1.10. The van der Waals surface area contributed by atoms with Crippen molar-refractivity contribution in [3.63, 3.8) is 0 Å². The van der Waals surface area contributed by atoms with Crippen molar-refractivity contribution in [2.45, 2.75) is 37.8 Å². The van der Waals surface area contributed by atoms with Gasteiger partial charge < -0.3 is 10.6 Å². The molecule has 2 bridgehead atoms. The van der Waals surface area contributed by atoms with Gasteiger partial charge in [0.25, 0.3) is 0 Å². The summed E-state index contributed by atoms with van der Waals surface area (Å²) in [6.45, 7) is 0.653. The molecule has 2 amide bonds. The molecule has 3 rings (SSSR count). The van der Waals surface area contributed by atoms with Gasteiger partial charge in [-0.3, -0.25) is 14.9 Å². The van der Waals surface area contributed by atoms with Gasteiger partial charge in [-0.25, -0.2) is 0 Å². The van der Waals surface area contributed by atoms with E-state index in [9.17, 15) is 9.59 Å². The molecular formula is C12H19N3O2. The maximum atomic E-state index is 12.0. The highest BCUT2D eigenvalue weighted by atomic mass is 16.2. The van der Waals surface area contributed by atoms with Crippen LogP contribution in [0.15, 0.2) is 0 Å². The van der Waals surface area contributed by atoms with Gasteiger partial charge in [0.15, 0.2) is 0 Å². The number of amides is 2. The van der Waals surface area contributed by atoms with Crippen LogP contribution in [0.4, 0.5) is 0 Å². The molecule has 2 saturated carbocycles. The summed E-state index contributed by atoms with van der Waals surface area (Å²) in [5, 5.41) is 8.81. The normalized spacial score (nSPS) is 40.1. The van der Waals surface area contributed by atoms with Gasteiger partial charge in [-0.1, -0.05) is 6.42 Å². The van der Waals surface area contributed by atoms with Crippen molar-refractivity contribution in [3.05, 3.63) is 0 Å². The molecule has 0 spiro atoms. The molecule has 4 unspecified atom stereocenters. The van der Waals surface area contributed by atoms with Crippen LogP contribution in [-0.2, 0) is 9.59 Å². The number of hydrogen-bond donors (Lipinski definition) is 3. The minimum Gasteiger partial charge on any atom is -0.353 e. The van der Waals surface area contributed by atoms with E-state index in [-0.39, 0.29) is 24.4 Å². The first-order chi connectivity index (χ1) is 8.22. The molecule has 94 valence electrons. The summed E-state index contributed by atoms with van der Waals surface area (Å²) in [5.41, 5.74) is 0. The third kappa shape index (κ3) is 2.16. The summed E-state index contributed by atoms with van der Waals surface area (Å²) in [7, 11) is 0. The van der Waals surface area contributed by atoms with E-state index in [1.165, 1.54) is 19.3 Å². The first-order valence-corrected chi connectivity index (χ1v) is 6.53. The van der Waals surface area contributed by atoms with Gasteiger partial charge >= 0.3 is 0 Å². The molecule has 0 radical (unpaired) electrons. The summed E-state index contributed by atoms with van der Waals surface area (Å²) < 4.78 is 0. The van der Waals surface area contributed by atoms with Crippen molar-refractivity contribution in [2.24, 2.45) is 11.8 Å². The maximum Gasteiger partial charge on any atom is 0.239 e. The van der Waals surface area contributed by atoms with Crippen LogP contribution in [0.25, 0.3) is 0 Å². The molecule has 1 heterocycles. The molecule has 4 atom stereocenters. The minimum absolute atomic E-state index is 0.0334. The molecule has 17 heavy (non-hydrogen) atoms. The van der Waals surface area contributed by atoms with E-state index in [2.05, 4.69) is 16.0 Å². The Kier molecular flexibility index (Phi) is 2.78. The molecule has 1 saturated heterocycles. The third-order valence-corrected chi connectivity index (χ3v) is 4.39. The Morgan fingerprint density at radius 3 is 2.76 bits per heavy atom. The Morgan fingerprint density at radius 2 is 2.18 bits per heavy atom. The molecular weight excluding hydrogens is 218 g/mol. The third-order valence-electron chi connectivity index (χ3n) is 4.39. The number of carbonyl (C=O) groups is 2. The number of piperazine rings is 1. The lowest BCUT2D eigenvalue weighted by molar-refractivity contribution is -0.127. The first-order valence-electron chi connectivity index (χ1n) is 6.53. The fourth-order valence-electron chi connectivity index (χ4n) is 3.46. The highest BCUT2D eigenvalue weighted by molar-refractivity contribution is 5.86. The van der Waals surface area contributed by atoms with Gasteiger partial charge in [0.1, 0.15) is 6.04 Å². The van der Waals surface area contributed by atoms with Gasteiger partial charge in [-0.2, -0.15) is 0 Å². The lowest BCUT2D eigenvalue weighted by atomic mass is 9.95. The van der Waals surface area contributed by atoms with Gasteiger partial charge in [0.05, 0.1) is 6.54 Å². The summed E-state index contributed by atoms with van der Waals surface area (Å²) in [6, 6.07) is 0.118. The molecule has 5 nitrogen and oxygen atoms in total. The molecule has 5 heteroatoms. The van der Waals surface area contributed by atoms with Crippen molar-refractivity contribution in [1.82, 2.24) is 16.0 Å². The van der Waals surface area contributed by atoms with Crippen LogP contribution in [-0.4, -0.2) is 37.0 Å². The summed E-state index contributed by atoms with van der Waals surface area (Å²) in [4.78, 5) is 23.0. The predicted octanol–water partition coefficient (Wildman–Crippen LogP) is -0.621. The number of carbonyl (C=O) groups excluding carboxylic acids is 2. The van der Waals surface area contributed by atoms with Crippen molar-refractivity contribution < 1.29 is 9.59 Å². The van der Waals surface area contributed by atoms with E-state index in [4.69, 9.17) is 0 Å². The monoisotopic (exact) mass is 237 g/mol. The van der Waals surface area contributed by atoms with Crippen LogP contribution in [0, 0.1) is 11.8 Å². The van der Waals surface area contributed by atoms with Crippen LogP contribution in [0.2, 0.25) is 0 Å². The van der Waals surface area contributed by atoms with Gasteiger partial charge in [-0.15, -0.1) is 0 Å². The molecule has 1 aliphatic heterocycles. The summed E-state index contributed by atoms with van der Waals surface area (Å²) in [6.07, 6.45) is 5.05. The van der Waals surface area contributed by atoms with Crippen LogP contribution in [0.3, 0.4) is 0 Å². The topological polar surface area (TPSA) is 70.2 Å². The largest absolute Gasteiger partial charge is 0.353 e. The first kappa shape index (κ1) is 11.0. The lowest BCUT2D eigenvalue weighted by Gasteiger charge is -2.28. The summed E-state index contributed by atoms with van der Waals surface area (Å²) >= 11 is 0. The van der Waals surface area contributed by atoms with Gasteiger partial charge in [-0.05, 0) is 31.1 Å². The smallest absolute Gasteiger partial charge is 0.239 e. The fourth-order valence-corrected chi connectivity index (χ4v) is 3.46. The molecule has 2 aliphatic carbocycles. The zero-order chi connectivity index (χ0) is 11.8. The Balaban J connectivity index is 1.52. The van der Waals surface area contributed by atoms with Crippen molar-refractivity contribution in [2.75, 3.05) is 13.1 Å². The fraction of sp³-hybridized carbons (Fsp3) is 0.833. The molecule has 0 aromatic heterocycles. The average molecular weight is 237 g/mol. The van der Waals surface area contributed by atoms with Gasteiger partial charge in [0.2, 0.25) is 11.8 Å². The second-order valence-electron chi connectivity index (χ2n) is 5.53. The average Bonchev–Trinajstić information content (AvgIpc) is 2.91. The number of hydrogen-bond acceptors (Lipinski definition) is 3.